The standard InChI is InChI=1S/C53H65N3O25S5.CH4/c1-52(2)45(7-5-8-46-53(3,16-6-30-82(60,61)62)51-40-32-36(84(66,67)68)34-44(86(72,73)74)38(40)10-12-42(51)55(46)17-20-75-4)54(41-11-9-37-39(50(41)52)31-35(83(63,64)65)33-43(37)85(69,70)71)18-21-77-23-25-79-27-29-80-28-26-78-24-22-76-19-15-49(59)81-56-47(57)13-14-48(56)58;/h5,7-12,31-34H,6,13-30H2,1-4H3,(H4-,60,61,62,63,64,65,66,67,68,69,70,71,72,73,74);1H4/p-4. The molecule has 0 spiro atoms. The maximum absolute atomic E-state index is 12.7. The van der Waals surface area contributed by atoms with Gasteiger partial charge in [0.25, 0.3) is 11.8 Å². The maximum Gasteiger partial charge on any atom is 0.335 e. The SMILES string of the molecule is C.COCCN1C(=CC=CC2=[N+](CCOCCOCCOCCOCCOCCC(=O)ON3C(=O)CCC3=O)c3ccc4c(S(=O)(=O)[O-])cc(S(=O)(=O)[O-])cc4c3C2(C)C)C(C)(CCCS(=O)(=O)[O-])c2c1ccc1c(S(=O)(=O)[O-])cc(S(=O)(=O)[O-])cc21. The molecule has 87 heavy (non-hydrogen) atoms. The molecular weight excluding hydrogens is 1250 g/mol. The monoisotopic (exact) mass is 1320 g/mol. The number of fused-ring (bicyclic) bond motifs is 6. The second kappa shape index (κ2) is 28.4. The Kier molecular flexibility index (Phi) is 23.0. The first-order chi connectivity index (χ1) is 40.2. The maximum atomic E-state index is 12.7. The van der Waals surface area contributed by atoms with Gasteiger partial charge in [-0.25, -0.2) is 46.9 Å². The lowest BCUT2D eigenvalue weighted by molar-refractivity contribution is -0.442. The van der Waals surface area contributed by atoms with Crippen LogP contribution in [0.25, 0.3) is 21.5 Å². The van der Waals surface area contributed by atoms with Crippen molar-refractivity contribution in [2.45, 2.75) is 90.7 Å². The Morgan fingerprint density at radius 2 is 1.10 bits per heavy atom. The molecule has 28 nitrogen and oxygen atoms in total. The summed E-state index contributed by atoms with van der Waals surface area (Å²) in [6, 6.07) is 8.45. The normalized spacial score (nSPS) is 17.8. The summed E-state index contributed by atoms with van der Waals surface area (Å²) in [5.41, 5.74) is -0.662. The number of allylic oxidation sites excluding steroid dienone is 4. The lowest BCUT2D eigenvalue weighted by Crippen LogP contribution is -2.32. The topological polar surface area (TPSA) is 411 Å². The van der Waals surface area contributed by atoms with E-state index in [1.54, 1.807) is 48.5 Å². The number of anilines is 1. The number of benzene rings is 4. The van der Waals surface area contributed by atoms with Crippen LogP contribution in [0, 0.1) is 0 Å². The molecule has 33 heteroatoms. The Bertz CT molecular complexity index is 3960. The molecule has 0 N–H and O–H groups in total. The van der Waals surface area contributed by atoms with Gasteiger partial charge in [-0.05, 0) is 97.8 Å². The third-order valence-corrected chi connectivity index (χ3v) is 18.6. The third kappa shape index (κ3) is 16.8. The van der Waals surface area contributed by atoms with E-state index in [0.717, 1.165) is 12.1 Å². The van der Waals surface area contributed by atoms with Crippen molar-refractivity contribution in [3.05, 3.63) is 83.6 Å². The van der Waals surface area contributed by atoms with Crippen molar-refractivity contribution in [1.29, 1.82) is 0 Å². The second-order valence-electron chi connectivity index (χ2n) is 20.5. The molecule has 0 radical (unpaired) electrons. The van der Waals surface area contributed by atoms with Crippen molar-refractivity contribution in [2.75, 3.05) is 104 Å². The van der Waals surface area contributed by atoms with E-state index in [0.29, 0.717) is 45.5 Å². The average Bonchev–Trinajstić information content (AvgIpc) is 1.61. The van der Waals surface area contributed by atoms with Crippen LogP contribution in [0.1, 0.15) is 71.4 Å². The van der Waals surface area contributed by atoms with Crippen LogP contribution in [-0.2, 0) is 109 Å². The van der Waals surface area contributed by atoms with Gasteiger partial charge < -0.3 is 60.9 Å². The number of hydrogen-bond acceptors (Lipinski definition) is 26. The van der Waals surface area contributed by atoms with Crippen LogP contribution in [0.15, 0.2) is 92.0 Å². The fourth-order valence-electron chi connectivity index (χ4n) is 10.7. The summed E-state index contributed by atoms with van der Waals surface area (Å²) in [6.45, 7) is 6.63. The summed E-state index contributed by atoms with van der Waals surface area (Å²) in [6.07, 6.45) is 4.18. The first-order valence-corrected chi connectivity index (χ1v) is 33.7. The molecule has 480 valence electrons. The molecule has 1 fully saturated rings. The van der Waals surface area contributed by atoms with E-state index in [4.69, 9.17) is 33.3 Å². The highest BCUT2D eigenvalue weighted by Crippen LogP contribution is 2.54. The smallest absolute Gasteiger partial charge is 0.335 e. The van der Waals surface area contributed by atoms with Crippen LogP contribution < -0.4 is 4.90 Å². The van der Waals surface area contributed by atoms with Gasteiger partial charge in [-0.3, -0.25) is 9.59 Å². The number of hydroxylamine groups is 2. The van der Waals surface area contributed by atoms with Gasteiger partial charge in [0.2, 0.25) is 5.69 Å². The molecule has 3 aliphatic heterocycles. The van der Waals surface area contributed by atoms with E-state index >= 15 is 0 Å². The minimum absolute atomic E-state index is 0. The molecule has 1 unspecified atom stereocenters. The number of carbonyl (C=O) groups is 3. The minimum atomic E-state index is -5.44. The summed E-state index contributed by atoms with van der Waals surface area (Å²) in [5, 5.41) is -0.148. The highest BCUT2D eigenvalue weighted by Gasteiger charge is 2.47. The molecule has 7 rings (SSSR count). The van der Waals surface area contributed by atoms with Crippen LogP contribution in [-0.4, -0.2) is 197 Å². The predicted molar refractivity (Wildman–Crippen MR) is 303 cm³/mol. The number of carbonyl (C=O) groups excluding carboxylic acids is 3. The van der Waals surface area contributed by atoms with Gasteiger partial charge in [0.05, 0.1) is 108 Å². The third-order valence-electron chi connectivity index (χ3n) is 14.5. The van der Waals surface area contributed by atoms with E-state index in [9.17, 15) is 79.2 Å². The Balaban J connectivity index is 0.0000121. The van der Waals surface area contributed by atoms with Gasteiger partial charge in [0.1, 0.15) is 47.1 Å². The Labute approximate surface area is 504 Å². The van der Waals surface area contributed by atoms with Crippen LogP contribution in [0.3, 0.4) is 0 Å². The van der Waals surface area contributed by atoms with Gasteiger partial charge >= 0.3 is 5.97 Å². The Hall–Kier alpha value is -5.73. The number of rotatable bonds is 32. The number of hydrogen-bond donors (Lipinski definition) is 0. The zero-order valence-corrected chi connectivity index (χ0v) is 51.0. The fraction of sp³-hybridized carbons (Fsp3) is 0.481. The number of imide groups is 1. The van der Waals surface area contributed by atoms with Crippen molar-refractivity contribution in [3.8, 4) is 0 Å². The largest absolute Gasteiger partial charge is 0.748 e. The first-order valence-electron chi connectivity index (χ1n) is 26.5. The number of amides is 2. The molecule has 1 saturated heterocycles. The molecule has 4 aromatic carbocycles. The zero-order valence-electron chi connectivity index (χ0n) is 46.9. The van der Waals surface area contributed by atoms with E-state index < -0.39 is 105 Å². The van der Waals surface area contributed by atoms with Gasteiger partial charge in [0, 0.05) is 72.1 Å². The number of methoxy groups -OCH3 is 1. The minimum Gasteiger partial charge on any atom is -0.748 e. The van der Waals surface area contributed by atoms with E-state index in [1.165, 1.54) is 31.4 Å². The number of ether oxygens (including phenoxy) is 6. The van der Waals surface area contributed by atoms with Gasteiger partial charge in [-0.1, -0.05) is 19.6 Å². The zero-order chi connectivity index (χ0) is 63.2. The molecule has 1 atom stereocenters. The van der Waals surface area contributed by atoms with Crippen molar-refractivity contribution in [3.63, 3.8) is 0 Å². The van der Waals surface area contributed by atoms with E-state index in [-0.39, 0.29) is 152 Å². The Morgan fingerprint density at radius 1 is 0.621 bits per heavy atom. The van der Waals surface area contributed by atoms with Crippen molar-refractivity contribution in [2.24, 2.45) is 0 Å². The van der Waals surface area contributed by atoms with Crippen molar-refractivity contribution < 1.29 is 117 Å². The van der Waals surface area contributed by atoms with Crippen LogP contribution >= 0.6 is 0 Å². The molecule has 0 aromatic heterocycles. The van der Waals surface area contributed by atoms with E-state index in [2.05, 4.69) is 0 Å². The van der Waals surface area contributed by atoms with Gasteiger partial charge in [-0.2, -0.15) is 4.58 Å². The van der Waals surface area contributed by atoms with Crippen LogP contribution in [0.2, 0.25) is 0 Å². The average molecular weight is 1320 g/mol. The number of nitrogens with zero attached hydrogens (tertiary/aromatic N) is 3. The summed E-state index contributed by atoms with van der Waals surface area (Å²) < 4.78 is 222. The molecule has 0 aliphatic carbocycles. The lowest BCUT2D eigenvalue weighted by Gasteiger charge is -2.31. The predicted octanol–water partition coefficient (Wildman–Crippen LogP) is 2.89. The van der Waals surface area contributed by atoms with Crippen LogP contribution in [0.5, 0.6) is 0 Å². The molecular formula is C54H65N3O25S5-4. The van der Waals surface area contributed by atoms with Crippen molar-refractivity contribution in [1.82, 2.24) is 5.06 Å². The highest BCUT2D eigenvalue weighted by atomic mass is 32.2. The fourth-order valence-corrected chi connectivity index (χ4v) is 13.8. The van der Waals surface area contributed by atoms with Crippen LogP contribution in [0.4, 0.5) is 11.4 Å². The lowest BCUT2D eigenvalue weighted by atomic mass is 9.75. The summed E-state index contributed by atoms with van der Waals surface area (Å²) in [4.78, 5) is 37.5. The van der Waals surface area contributed by atoms with Gasteiger partial charge in [-0.15, -0.1) is 5.06 Å². The van der Waals surface area contributed by atoms with Gasteiger partial charge in [0.15, 0.2) is 12.3 Å². The quantitative estimate of drug-likeness (QED) is 0.0293. The molecule has 3 aliphatic rings. The molecule has 0 bridgehead atoms. The molecule has 4 aromatic rings. The Morgan fingerprint density at radius 3 is 1.59 bits per heavy atom. The summed E-state index contributed by atoms with van der Waals surface area (Å²) in [7, 11) is -25.0. The summed E-state index contributed by atoms with van der Waals surface area (Å²) in [5.74, 6) is -2.80. The van der Waals surface area contributed by atoms with Crippen molar-refractivity contribution >= 4 is 107 Å². The van der Waals surface area contributed by atoms with E-state index in [1.807, 2.05) is 0 Å². The summed E-state index contributed by atoms with van der Waals surface area (Å²) >= 11 is 0. The molecule has 3 heterocycles. The second-order valence-corrected chi connectivity index (χ2v) is 27.5. The highest BCUT2D eigenvalue weighted by molar-refractivity contribution is 7.87. The molecule has 0 saturated carbocycles. The first kappa shape index (κ1) is 70.4. The molecule has 2 amide bonds.